The van der Waals surface area contributed by atoms with Crippen LogP contribution in [-0.2, 0) is 10.0 Å². The third-order valence-electron chi connectivity index (χ3n) is 3.40. The van der Waals surface area contributed by atoms with Gasteiger partial charge in [0.25, 0.3) is 0 Å². The smallest absolute Gasteiger partial charge is 0.347 e. The molecular formula is C11H15NO4S3. The first-order valence-corrected chi connectivity index (χ1v) is 9.35. The summed E-state index contributed by atoms with van der Waals surface area (Å²) in [6.07, 6.45) is 5.07. The fourth-order valence-electron chi connectivity index (χ4n) is 1.99. The highest BCUT2D eigenvalue weighted by molar-refractivity contribution is 8.00. The van der Waals surface area contributed by atoms with Crippen LogP contribution in [-0.4, -0.2) is 37.0 Å². The van der Waals surface area contributed by atoms with Crippen LogP contribution < -0.4 is 4.72 Å². The number of hydrogen-bond acceptors (Lipinski definition) is 5. The monoisotopic (exact) mass is 321 g/mol. The summed E-state index contributed by atoms with van der Waals surface area (Å²) >= 11 is 2.59. The van der Waals surface area contributed by atoms with E-state index in [1.807, 2.05) is 6.26 Å². The van der Waals surface area contributed by atoms with Gasteiger partial charge >= 0.3 is 5.97 Å². The Kier molecular flexibility index (Phi) is 4.24. The minimum absolute atomic E-state index is 0.0214. The van der Waals surface area contributed by atoms with Crippen LogP contribution in [0.15, 0.2) is 16.3 Å². The fraction of sp³-hybridized carbons (Fsp3) is 0.545. The van der Waals surface area contributed by atoms with Crippen LogP contribution in [0.1, 0.15) is 28.9 Å². The van der Waals surface area contributed by atoms with Gasteiger partial charge in [0.1, 0.15) is 9.77 Å². The molecule has 0 aliphatic heterocycles. The lowest BCUT2D eigenvalue weighted by atomic mass is 9.84. The van der Waals surface area contributed by atoms with Crippen LogP contribution >= 0.6 is 23.1 Å². The molecule has 0 atom stereocenters. The SMILES string of the molecule is CSC1(CNS(=O)(=O)c2ccsc2C(=O)O)CCC1. The largest absolute Gasteiger partial charge is 0.477 e. The number of aromatic carboxylic acids is 1. The Morgan fingerprint density at radius 2 is 2.26 bits per heavy atom. The summed E-state index contributed by atoms with van der Waals surface area (Å²) in [5.41, 5.74) is 0. The molecule has 106 valence electrons. The van der Waals surface area contributed by atoms with Crippen molar-refractivity contribution in [2.75, 3.05) is 12.8 Å². The van der Waals surface area contributed by atoms with Crippen molar-refractivity contribution in [2.24, 2.45) is 0 Å². The predicted octanol–water partition coefficient (Wildman–Crippen LogP) is 2.01. The van der Waals surface area contributed by atoms with Crippen LogP contribution in [0.25, 0.3) is 0 Å². The molecule has 0 bridgehead atoms. The summed E-state index contributed by atoms with van der Waals surface area (Å²) in [6, 6.07) is 1.34. The summed E-state index contributed by atoms with van der Waals surface area (Å²) < 4.78 is 26.8. The third kappa shape index (κ3) is 2.96. The van der Waals surface area contributed by atoms with Crippen molar-refractivity contribution < 1.29 is 18.3 Å². The molecule has 5 nitrogen and oxygen atoms in total. The van der Waals surface area contributed by atoms with Gasteiger partial charge in [-0.05, 0) is 30.5 Å². The molecule has 0 radical (unpaired) electrons. The zero-order valence-electron chi connectivity index (χ0n) is 10.4. The number of carboxylic acids is 1. The number of nitrogens with one attached hydrogen (secondary N) is 1. The van der Waals surface area contributed by atoms with Gasteiger partial charge in [-0.3, -0.25) is 0 Å². The van der Waals surface area contributed by atoms with Crippen LogP contribution in [0.5, 0.6) is 0 Å². The van der Waals surface area contributed by atoms with E-state index in [-0.39, 0.29) is 14.5 Å². The quantitative estimate of drug-likeness (QED) is 0.837. The Balaban J connectivity index is 2.14. The molecule has 0 amide bonds. The Morgan fingerprint density at radius 3 is 2.74 bits per heavy atom. The van der Waals surface area contributed by atoms with Gasteiger partial charge in [-0.15, -0.1) is 11.3 Å². The van der Waals surface area contributed by atoms with Crippen molar-refractivity contribution in [3.8, 4) is 0 Å². The van der Waals surface area contributed by atoms with Gasteiger partial charge in [-0.1, -0.05) is 6.42 Å². The number of sulfonamides is 1. The lowest BCUT2D eigenvalue weighted by molar-refractivity contribution is 0.0698. The van der Waals surface area contributed by atoms with E-state index in [1.165, 1.54) is 11.4 Å². The highest BCUT2D eigenvalue weighted by Gasteiger charge is 2.37. The van der Waals surface area contributed by atoms with Gasteiger partial charge in [0.15, 0.2) is 0 Å². The maximum Gasteiger partial charge on any atom is 0.347 e. The summed E-state index contributed by atoms with van der Waals surface area (Å²) in [5, 5.41) is 10.4. The lowest BCUT2D eigenvalue weighted by Crippen LogP contribution is -2.45. The van der Waals surface area contributed by atoms with Crippen molar-refractivity contribution in [1.29, 1.82) is 0 Å². The van der Waals surface area contributed by atoms with Crippen molar-refractivity contribution in [2.45, 2.75) is 28.9 Å². The highest BCUT2D eigenvalue weighted by Crippen LogP contribution is 2.42. The first kappa shape index (κ1) is 14.8. The van der Waals surface area contributed by atoms with Gasteiger partial charge in [0.2, 0.25) is 10.0 Å². The summed E-state index contributed by atoms with van der Waals surface area (Å²) in [5.74, 6) is -1.21. The Bertz CT molecular complexity index is 569. The molecule has 1 fully saturated rings. The number of thiophene rings is 1. The van der Waals surface area contributed by atoms with Gasteiger partial charge in [0.05, 0.1) is 0 Å². The standard InChI is InChI=1S/C11H15NO4S3/c1-17-11(4-2-5-11)7-12-19(15,16)8-3-6-18-9(8)10(13)14/h3,6,12H,2,4-5,7H2,1H3,(H,13,14). The molecule has 8 heteroatoms. The third-order valence-corrected chi connectivity index (χ3v) is 7.29. The molecule has 1 aromatic rings. The summed E-state index contributed by atoms with van der Waals surface area (Å²) in [4.78, 5) is 10.7. The normalized spacial score (nSPS) is 17.9. The van der Waals surface area contributed by atoms with Gasteiger partial charge in [-0.25, -0.2) is 17.9 Å². The van der Waals surface area contributed by atoms with Crippen LogP contribution in [0.4, 0.5) is 0 Å². The van der Waals surface area contributed by atoms with Crippen LogP contribution in [0.2, 0.25) is 0 Å². The van der Waals surface area contributed by atoms with E-state index in [4.69, 9.17) is 5.11 Å². The van der Waals surface area contributed by atoms with Crippen molar-refractivity contribution in [3.05, 3.63) is 16.3 Å². The second-order valence-electron chi connectivity index (χ2n) is 4.48. The molecule has 1 heterocycles. The molecule has 2 rings (SSSR count). The van der Waals surface area contributed by atoms with E-state index in [0.29, 0.717) is 6.54 Å². The zero-order chi connectivity index (χ0) is 14.1. The molecule has 0 unspecified atom stereocenters. The van der Waals surface area contributed by atoms with Crippen molar-refractivity contribution in [3.63, 3.8) is 0 Å². The number of carboxylic acid groups (broad SMARTS) is 1. The highest BCUT2D eigenvalue weighted by atomic mass is 32.2. The molecule has 19 heavy (non-hydrogen) atoms. The van der Waals surface area contributed by atoms with Gasteiger partial charge in [0, 0.05) is 11.3 Å². The topological polar surface area (TPSA) is 83.5 Å². The average Bonchev–Trinajstić information content (AvgIpc) is 2.77. The van der Waals surface area contributed by atoms with Crippen LogP contribution in [0, 0.1) is 0 Å². The average molecular weight is 321 g/mol. The van der Waals surface area contributed by atoms with Gasteiger partial charge in [-0.2, -0.15) is 11.8 Å². The molecule has 1 aromatic heterocycles. The first-order chi connectivity index (χ1) is 8.90. The van der Waals surface area contributed by atoms with Crippen molar-refractivity contribution in [1.82, 2.24) is 4.72 Å². The summed E-state index contributed by atoms with van der Waals surface area (Å²) in [6.45, 7) is 0.353. The van der Waals surface area contributed by atoms with E-state index in [0.717, 1.165) is 30.6 Å². The van der Waals surface area contributed by atoms with Crippen molar-refractivity contribution >= 4 is 39.1 Å². The number of hydrogen-bond donors (Lipinski definition) is 2. The van der Waals surface area contributed by atoms with Crippen LogP contribution in [0.3, 0.4) is 0 Å². The number of carbonyl (C=O) groups is 1. The van der Waals surface area contributed by atoms with Gasteiger partial charge < -0.3 is 5.11 Å². The molecule has 1 aliphatic rings. The number of thioether (sulfide) groups is 1. The molecular weight excluding hydrogens is 306 g/mol. The van der Waals surface area contributed by atoms with E-state index >= 15 is 0 Å². The zero-order valence-corrected chi connectivity index (χ0v) is 12.8. The molecule has 2 N–H and O–H groups in total. The minimum atomic E-state index is -3.75. The maximum absolute atomic E-state index is 12.1. The lowest BCUT2D eigenvalue weighted by Gasteiger charge is -2.40. The fourth-order valence-corrected chi connectivity index (χ4v) is 5.38. The maximum atomic E-state index is 12.1. The molecule has 1 aliphatic carbocycles. The Morgan fingerprint density at radius 1 is 1.58 bits per heavy atom. The van der Waals surface area contributed by atoms with E-state index in [1.54, 1.807) is 11.8 Å². The molecule has 0 saturated heterocycles. The molecule has 1 saturated carbocycles. The second-order valence-corrected chi connectivity index (χ2v) is 8.41. The van der Waals surface area contributed by atoms with E-state index in [2.05, 4.69) is 4.72 Å². The molecule has 0 aromatic carbocycles. The summed E-state index contributed by atoms with van der Waals surface area (Å²) in [7, 11) is -3.75. The number of rotatable bonds is 6. The first-order valence-electron chi connectivity index (χ1n) is 5.76. The second kappa shape index (κ2) is 5.43. The predicted molar refractivity (Wildman–Crippen MR) is 76.6 cm³/mol. The molecule has 0 spiro atoms. The van der Waals surface area contributed by atoms with E-state index in [9.17, 15) is 13.2 Å². The minimum Gasteiger partial charge on any atom is -0.477 e. The Labute approximate surface area is 120 Å². The Hall–Kier alpha value is -0.570. The van der Waals surface area contributed by atoms with E-state index < -0.39 is 16.0 Å².